The molecule has 0 bridgehead atoms. The summed E-state index contributed by atoms with van der Waals surface area (Å²) in [5.41, 5.74) is 3.50. The largest absolute Gasteiger partial charge is 0.507 e. The number of phenolic OH excluding ortho intramolecular Hbond substituents is 2. The van der Waals surface area contributed by atoms with Crippen LogP contribution in [0.25, 0.3) is 11.3 Å². The van der Waals surface area contributed by atoms with E-state index in [4.69, 9.17) is 16.3 Å². The third kappa shape index (κ3) is 3.49. The lowest BCUT2D eigenvalue weighted by Crippen LogP contribution is -2.30. The highest BCUT2D eigenvalue weighted by molar-refractivity contribution is 6.31. The van der Waals surface area contributed by atoms with Gasteiger partial charge in [-0.1, -0.05) is 31.0 Å². The molecule has 0 fully saturated rings. The fourth-order valence-electron chi connectivity index (χ4n) is 4.03. The Balaban J connectivity index is 1.92. The van der Waals surface area contributed by atoms with Crippen LogP contribution in [0.3, 0.4) is 0 Å². The Hall–Kier alpha value is -3.19. The van der Waals surface area contributed by atoms with Crippen molar-refractivity contribution in [1.29, 1.82) is 0 Å². The van der Waals surface area contributed by atoms with Crippen molar-refractivity contribution in [3.8, 4) is 28.5 Å². The number of aromatic nitrogens is 2. The van der Waals surface area contributed by atoms with Crippen LogP contribution in [-0.2, 0) is 0 Å². The van der Waals surface area contributed by atoms with E-state index < -0.39 is 6.04 Å². The van der Waals surface area contributed by atoms with E-state index in [1.54, 1.807) is 35.2 Å². The lowest BCUT2D eigenvalue weighted by Gasteiger charge is -2.26. The second-order valence-corrected chi connectivity index (χ2v) is 8.07. The lowest BCUT2D eigenvalue weighted by atomic mass is 9.95. The minimum Gasteiger partial charge on any atom is -0.507 e. The van der Waals surface area contributed by atoms with E-state index in [0.717, 1.165) is 24.0 Å². The first-order valence-corrected chi connectivity index (χ1v) is 10.5. The zero-order valence-corrected chi connectivity index (χ0v) is 18.3. The van der Waals surface area contributed by atoms with Gasteiger partial charge in [0.2, 0.25) is 0 Å². The zero-order valence-electron chi connectivity index (χ0n) is 17.6. The van der Waals surface area contributed by atoms with Crippen LogP contribution in [0.1, 0.15) is 53.0 Å². The van der Waals surface area contributed by atoms with Crippen molar-refractivity contribution in [3.63, 3.8) is 0 Å². The first-order valence-electron chi connectivity index (χ1n) is 10.1. The van der Waals surface area contributed by atoms with Crippen LogP contribution in [0, 0.1) is 6.92 Å². The van der Waals surface area contributed by atoms with Gasteiger partial charge in [0, 0.05) is 22.7 Å². The summed E-state index contributed by atoms with van der Waals surface area (Å²) in [6, 6.07) is 7.84. The standard InChI is InChI=1S/C23H24ClN3O4/c1-4-5-8-27-22(13-6-7-16(28)18(10-13)31-3)19-20(25-26-21(19)23(27)30)14-11-15(24)12(2)9-17(14)29/h6-7,9-11,22,28-29H,4-5,8H2,1-3H3,(H,25,26). The normalized spacial score (nSPS) is 15.4. The Morgan fingerprint density at radius 1 is 1.23 bits per heavy atom. The van der Waals surface area contributed by atoms with Gasteiger partial charge in [-0.25, -0.2) is 0 Å². The molecular weight excluding hydrogens is 418 g/mol. The molecule has 7 nitrogen and oxygen atoms in total. The first kappa shape index (κ1) is 21.1. The summed E-state index contributed by atoms with van der Waals surface area (Å²) in [5, 5.41) is 28.4. The number of carbonyl (C=O) groups excluding carboxylic acids is 1. The number of aromatic amines is 1. The SMILES string of the molecule is CCCCN1C(=O)c2[nH]nc(-c3cc(Cl)c(C)cc3O)c2C1c1ccc(O)c(OC)c1. The second kappa shape index (κ2) is 8.15. The predicted molar refractivity (Wildman–Crippen MR) is 118 cm³/mol. The van der Waals surface area contributed by atoms with E-state index in [9.17, 15) is 15.0 Å². The minimum atomic E-state index is -0.447. The second-order valence-electron chi connectivity index (χ2n) is 7.67. The number of H-pyrrole nitrogens is 1. The highest BCUT2D eigenvalue weighted by Gasteiger charge is 2.42. The Kier molecular flexibility index (Phi) is 5.54. The van der Waals surface area contributed by atoms with Crippen LogP contribution in [0.2, 0.25) is 5.02 Å². The molecule has 1 amide bonds. The van der Waals surface area contributed by atoms with E-state index in [0.29, 0.717) is 39.8 Å². The van der Waals surface area contributed by atoms with Gasteiger partial charge in [0.1, 0.15) is 17.1 Å². The third-order valence-corrected chi connectivity index (χ3v) is 6.08. The van der Waals surface area contributed by atoms with Crippen molar-refractivity contribution < 1.29 is 19.7 Å². The molecule has 3 aromatic rings. The summed E-state index contributed by atoms with van der Waals surface area (Å²) >= 11 is 6.32. The molecule has 4 rings (SSSR count). The maximum atomic E-state index is 13.2. The van der Waals surface area contributed by atoms with Crippen molar-refractivity contribution in [2.45, 2.75) is 32.7 Å². The van der Waals surface area contributed by atoms with Gasteiger partial charge in [-0.05, 0) is 48.7 Å². The number of ether oxygens (including phenoxy) is 1. The van der Waals surface area contributed by atoms with Crippen LogP contribution in [0.15, 0.2) is 30.3 Å². The van der Waals surface area contributed by atoms with Gasteiger partial charge < -0.3 is 19.8 Å². The fraction of sp³-hybridized carbons (Fsp3) is 0.304. The fourth-order valence-corrected chi connectivity index (χ4v) is 4.19. The van der Waals surface area contributed by atoms with E-state index in [2.05, 4.69) is 17.1 Å². The predicted octanol–water partition coefficient (Wildman–Crippen LogP) is 4.80. The molecule has 8 heteroatoms. The number of phenols is 2. The number of unbranched alkanes of at least 4 members (excludes halogenated alkanes) is 1. The number of nitrogens with zero attached hydrogens (tertiary/aromatic N) is 2. The number of benzene rings is 2. The maximum Gasteiger partial charge on any atom is 0.273 e. The Morgan fingerprint density at radius 2 is 2.00 bits per heavy atom. The molecule has 1 atom stereocenters. The molecule has 0 radical (unpaired) electrons. The van der Waals surface area contributed by atoms with Crippen molar-refractivity contribution >= 4 is 17.5 Å². The summed E-state index contributed by atoms with van der Waals surface area (Å²) < 4.78 is 5.29. The molecule has 2 aromatic carbocycles. The van der Waals surface area contributed by atoms with Crippen molar-refractivity contribution in [2.75, 3.05) is 13.7 Å². The van der Waals surface area contributed by atoms with E-state index >= 15 is 0 Å². The molecule has 1 aliphatic rings. The summed E-state index contributed by atoms with van der Waals surface area (Å²) in [6.07, 6.45) is 1.77. The third-order valence-electron chi connectivity index (χ3n) is 5.67. The molecule has 1 aromatic heterocycles. The van der Waals surface area contributed by atoms with Crippen LogP contribution in [0.5, 0.6) is 17.2 Å². The summed E-state index contributed by atoms with van der Waals surface area (Å²) in [6.45, 7) is 4.44. The number of carbonyl (C=O) groups is 1. The van der Waals surface area contributed by atoms with Crippen molar-refractivity contribution in [1.82, 2.24) is 15.1 Å². The Morgan fingerprint density at radius 3 is 2.71 bits per heavy atom. The topological polar surface area (TPSA) is 98.7 Å². The Bertz CT molecular complexity index is 1160. The summed E-state index contributed by atoms with van der Waals surface area (Å²) in [7, 11) is 1.48. The average Bonchev–Trinajstić information content (AvgIpc) is 3.28. The van der Waals surface area contributed by atoms with Crippen LogP contribution < -0.4 is 4.74 Å². The van der Waals surface area contributed by atoms with Gasteiger partial charge in [-0.15, -0.1) is 0 Å². The van der Waals surface area contributed by atoms with Gasteiger partial charge in [-0.3, -0.25) is 9.89 Å². The van der Waals surface area contributed by atoms with Gasteiger partial charge in [0.25, 0.3) is 5.91 Å². The molecule has 1 unspecified atom stereocenters. The molecular formula is C23H24ClN3O4. The highest BCUT2D eigenvalue weighted by atomic mass is 35.5. The molecule has 3 N–H and O–H groups in total. The number of rotatable bonds is 6. The molecule has 1 aliphatic heterocycles. The number of fused-ring (bicyclic) bond motifs is 1. The minimum absolute atomic E-state index is 0.0197. The number of halogens is 1. The smallest absolute Gasteiger partial charge is 0.273 e. The molecule has 0 aliphatic carbocycles. The van der Waals surface area contributed by atoms with Crippen molar-refractivity contribution in [3.05, 3.63) is 57.7 Å². The van der Waals surface area contributed by atoms with Crippen molar-refractivity contribution in [2.24, 2.45) is 0 Å². The van der Waals surface area contributed by atoms with Crippen LogP contribution >= 0.6 is 11.6 Å². The Labute approximate surface area is 185 Å². The monoisotopic (exact) mass is 441 g/mol. The molecule has 0 saturated heterocycles. The summed E-state index contributed by atoms with van der Waals surface area (Å²) in [5.74, 6) is 0.223. The number of hydrogen-bond acceptors (Lipinski definition) is 5. The number of aromatic hydroxyl groups is 2. The average molecular weight is 442 g/mol. The zero-order chi connectivity index (χ0) is 22.3. The van der Waals surface area contributed by atoms with Gasteiger partial charge in [-0.2, -0.15) is 5.10 Å². The van der Waals surface area contributed by atoms with Gasteiger partial charge >= 0.3 is 0 Å². The maximum absolute atomic E-state index is 13.2. The molecule has 0 saturated carbocycles. The molecule has 162 valence electrons. The van der Waals surface area contributed by atoms with Crippen LogP contribution in [-0.4, -0.2) is 44.9 Å². The highest BCUT2D eigenvalue weighted by Crippen LogP contribution is 2.46. The lowest BCUT2D eigenvalue weighted by molar-refractivity contribution is 0.0741. The number of methoxy groups -OCH3 is 1. The van der Waals surface area contributed by atoms with Gasteiger partial charge in [0.05, 0.1) is 13.2 Å². The number of nitrogens with one attached hydrogen (secondary N) is 1. The molecule has 2 heterocycles. The number of hydrogen-bond donors (Lipinski definition) is 3. The number of amides is 1. The number of aryl methyl sites for hydroxylation is 1. The quantitative estimate of drug-likeness (QED) is 0.510. The van der Waals surface area contributed by atoms with E-state index in [1.807, 2.05) is 6.92 Å². The van der Waals surface area contributed by atoms with E-state index in [1.165, 1.54) is 7.11 Å². The van der Waals surface area contributed by atoms with Crippen LogP contribution in [0.4, 0.5) is 0 Å². The van der Waals surface area contributed by atoms with Gasteiger partial charge in [0.15, 0.2) is 11.5 Å². The molecule has 0 spiro atoms. The molecule has 31 heavy (non-hydrogen) atoms. The van der Waals surface area contributed by atoms with E-state index in [-0.39, 0.29) is 17.4 Å². The first-order chi connectivity index (χ1) is 14.9. The summed E-state index contributed by atoms with van der Waals surface area (Å²) in [4.78, 5) is 15.0.